The molecule has 1 heterocycles. The number of fused-ring (bicyclic) bond motifs is 4. The lowest BCUT2D eigenvalue weighted by atomic mass is 10.0. The van der Waals surface area contributed by atoms with Gasteiger partial charge in [-0.25, -0.2) is 0 Å². The fourth-order valence-corrected chi connectivity index (χ4v) is 3.61. The van der Waals surface area contributed by atoms with Gasteiger partial charge < -0.3 is 4.42 Å². The molecule has 4 aromatic carbocycles. The van der Waals surface area contributed by atoms with E-state index in [9.17, 15) is 0 Å². The van der Waals surface area contributed by atoms with E-state index in [4.69, 9.17) is 4.42 Å². The Morgan fingerprint density at radius 1 is 0.720 bits per heavy atom. The minimum Gasteiger partial charge on any atom is -0.456 e. The molecule has 0 aliphatic rings. The standard InChI is InChI=1S/C24H18O/c1-16-9-11-17(12-10-16)13-20-7-4-8-21-22-14-18-5-2-3-6-19(18)15-23(22)25-24(20)21/h2-12,14-15H,13H2,1H3. The number of para-hydroxylation sites is 1. The molecule has 0 fully saturated rings. The topological polar surface area (TPSA) is 13.1 Å². The largest absolute Gasteiger partial charge is 0.456 e. The van der Waals surface area contributed by atoms with Crippen LogP contribution >= 0.6 is 0 Å². The average Bonchev–Trinajstić information content (AvgIpc) is 3.00. The zero-order chi connectivity index (χ0) is 16.8. The summed E-state index contributed by atoms with van der Waals surface area (Å²) in [7, 11) is 0. The molecular formula is C24H18O. The Kier molecular flexibility index (Phi) is 3.14. The maximum atomic E-state index is 6.29. The van der Waals surface area contributed by atoms with E-state index in [-0.39, 0.29) is 0 Å². The summed E-state index contributed by atoms with van der Waals surface area (Å²) in [6.45, 7) is 2.12. The van der Waals surface area contributed by atoms with Crippen molar-refractivity contribution in [2.45, 2.75) is 13.3 Å². The molecule has 0 N–H and O–H groups in total. The van der Waals surface area contributed by atoms with E-state index in [2.05, 4.69) is 85.8 Å². The summed E-state index contributed by atoms with van der Waals surface area (Å²) < 4.78 is 6.29. The van der Waals surface area contributed by atoms with Crippen LogP contribution < -0.4 is 0 Å². The van der Waals surface area contributed by atoms with Crippen molar-refractivity contribution in [3.8, 4) is 0 Å². The summed E-state index contributed by atoms with van der Waals surface area (Å²) in [4.78, 5) is 0. The van der Waals surface area contributed by atoms with Crippen molar-refractivity contribution in [3.05, 3.63) is 95.6 Å². The Labute approximate surface area is 146 Å². The quantitative estimate of drug-likeness (QED) is 0.355. The van der Waals surface area contributed by atoms with E-state index in [1.54, 1.807) is 0 Å². The maximum Gasteiger partial charge on any atom is 0.138 e. The van der Waals surface area contributed by atoms with E-state index < -0.39 is 0 Å². The van der Waals surface area contributed by atoms with Crippen molar-refractivity contribution in [3.63, 3.8) is 0 Å². The first kappa shape index (κ1) is 14.3. The molecule has 0 aliphatic heterocycles. The van der Waals surface area contributed by atoms with Crippen molar-refractivity contribution in [2.24, 2.45) is 0 Å². The Morgan fingerprint density at radius 3 is 2.28 bits per heavy atom. The Balaban J connectivity index is 1.71. The Bertz CT molecular complexity index is 1210. The highest BCUT2D eigenvalue weighted by atomic mass is 16.3. The predicted octanol–water partition coefficient (Wildman–Crippen LogP) is 6.64. The molecule has 0 spiro atoms. The van der Waals surface area contributed by atoms with Crippen molar-refractivity contribution in [1.82, 2.24) is 0 Å². The van der Waals surface area contributed by atoms with Crippen LogP contribution in [-0.4, -0.2) is 0 Å². The second-order valence-corrected chi connectivity index (χ2v) is 6.75. The summed E-state index contributed by atoms with van der Waals surface area (Å²) in [6, 6.07) is 28.0. The lowest BCUT2D eigenvalue weighted by Gasteiger charge is -2.03. The number of hydrogen-bond acceptors (Lipinski definition) is 1. The van der Waals surface area contributed by atoms with Gasteiger partial charge in [0, 0.05) is 17.2 Å². The van der Waals surface area contributed by atoms with Crippen LogP contribution in [0.5, 0.6) is 0 Å². The van der Waals surface area contributed by atoms with Crippen LogP contribution in [0.25, 0.3) is 32.7 Å². The van der Waals surface area contributed by atoms with Gasteiger partial charge in [-0.2, -0.15) is 0 Å². The molecule has 1 aromatic heterocycles. The third-order valence-corrected chi connectivity index (χ3v) is 4.96. The van der Waals surface area contributed by atoms with E-state index in [1.807, 2.05) is 0 Å². The fourth-order valence-electron chi connectivity index (χ4n) is 3.61. The molecule has 25 heavy (non-hydrogen) atoms. The lowest BCUT2D eigenvalue weighted by Crippen LogP contribution is -1.88. The molecule has 0 bridgehead atoms. The molecule has 5 aromatic rings. The molecule has 0 saturated heterocycles. The number of hydrogen-bond donors (Lipinski definition) is 0. The molecule has 0 unspecified atom stereocenters. The van der Waals surface area contributed by atoms with Crippen LogP contribution in [0.3, 0.4) is 0 Å². The van der Waals surface area contributed by atoms with Crippen molar-refractivity contribution >= 4 is 32.7 Å². The smallest absolute Gasteiger partial charge is 0.138 e. The van der Waals surface area contributed by atoms with Crippen LogP contribution in [0.1, 0.15) is 16.7 Å². The number of benzene rings is 4. The highest BCUT2D eigenvalue weighted by molar-refractivity contribution is 6.10. The van der Waals surface area contributed by atoms with Gasteiger partial charge in [0.05, 0.1) is 0 Å². The first-order valence-corrected chi connectivity index (χ1v) is 8.66. The Hall–Kier alpha value is -3.06. The molecular weight excluding hydrogens is 304 g/mol. The third kappa shape index (κ3) is 2.40. The normalized spacial score (nSPS) is 11.6. The highest BCUT2D eigenvalue weighted by Gasteiger charge is 2.12. The second kappa shape index (κ2) is 5.49. The maximum absolute atomic E-state index is 6.29. The van der Waals surface area contributed by atoms with Gasteiger partial charge in [0.15, 0.2) is 0 Å². The zero-order valence-corrected chi connectivity index (χ0v) is 14.1. The van der Waals surface area contributed by atoms with E-state index in [0.717, 1.165) is 17.6 Å². The second-order valence-electron chi connectivity index (χ2n) is 6.75. The number of aryl methyl sites for hydroxylation is 1. The first-order valence-electron chi connectivity index (χ1n) is 8.66. The van der Waals surface area contributed by atoms with Crippen LogP contribution in [0.4, 0.5) is 0 Å². The van der Waals surface area contributed by atoms with E-state index >= 15 is 0 Å². The van der Waals surface area contributed by atoms with Crippen molar-refractivity contribution < 1.29 is 4.42 Å². The molecule has 1 nitrogen and oxygen atoms in total. The first-order chi connectivity index (χ1) is 12.3. The average molecular weight is 322 g/mol. The minimum absolute atomic E-state index is 0.886. The van der Waals surface area contributed by atoms with E-state index in [0.29, 0.717) is 0 Å². The number of furan rings is 1. The molecule has 0 saturated carbocycles. The van der Waals surface area contributed by atoms with Gasteiger partial charge in [0.25, 0.3) is 0 Å². The molecule has 0 atom stereocenters. The molecule has 120 valence electrons. The summed E-state index contributed by atoms with van der Waals surface area (Å²) >= 11 is 0. The summed E-state index contributed by atoms with van der Waals surface area (Å²) in [5.41, 5.74) is 5.81. The molecule has 5 rings (SSSR count). The summed E-state index contributed by atoms with van der Waals surface area (Å²) in [5, 5.41) is 4.86. The number of rotatable bonds is 2. The van der Waals surface area contributed by atoms with Crippen molar-refractivity contribution in [1.29, 1.82) is 0 Å². The van der Waals surface area contributed by atoms with Gasteiger partial charge in [-0.3, -0.25) is 0 Å². The van der Waals surface area contributed by atoms with Gasteiger partial charge in [0.1, 0.15) is 11.2 Å². The van der Waals surface area contributed by atoms with Crippen LogP contribution in [0.15, 0.2) is 83.3 Å². The van der Waals surface area contributed by atoms with Gasteiger partial charge in [0.2, 0.25) is 0 Å². The lowest BCUT2D eigenvalue weighted by molar-refractivity contribution is 0.664. The van der Waals surface area contributed by atoms with Gasteiger partial charge in [-0.15, -0.1) is 0 Å². The van der Waals surface area contributed by atoms with Crippen molar-refractivity contribution in [2.75, 3.05) is 0 Å². The Morgan fingerprint density at radius 2 is 1.48 bits per heavy atom. The predicted molar refractivity (Wildman–Crippen MR) is 105 cm³/mol. The minimum atomic E-state index is 0.886. The van der Waals surface area contributed by atoms with Gasteiger partial charge in [-0.05, 0) is 41.0 Å². The van der Waals surface area contributed by atoms with Crippen LogP contribution in [0.2, 0.25) is 0 Å². The highest BCUT2D eigenvalue weighted by Crippen LogP contribution is 2.34. The van der Waals surface area contributed by atoms with Crippen LogP contribution in [-0.2, 0) is 6.42 Å². The van der Waals surface area contributed by atoms with Gasteiger partial charge in [-0.1, -0.05) is 72.3 Å². The van der Waals surface area contributed by atoms with Crippen LogP contribution in [0, 0.1) is 6.92 Å². The SMILES string of the molecule is Cc1ccc(Cc2cccc3c2oc2cc4ccccc4cc23)cc1. The summed E-state index contributed by atoms with van der Waals surface area (Å²) in [6.07, 6.45) is 0.886. The van der Waals surface area contributed by atoms with E-state index in [1.165, 1.54) is 38.2 Å². The molecule has 0 radical (unpaired) electrons. The molecule has 0 aliphatic carbocycles. The molecule has 1 heteroatoms. The van der Waals surface area contributed by atoms with Gasteiger partial charge >= 0.3 is 0 Å². The summed E-state index contributed by atoms with van der Waals surface area (Å²) in [5.74, 6) is 0. The fraction of sp³-hybridized carbons (Fsp3) is 0.0833. The molecule has 0 amide bonds. The monoisotopic (exact) mass is 322 g/mol. The third-order valence-electron chi connectivity index (χ3n) is 4.96. The zero-order valence-electron chi connectivity index (χ0n) is 14.1.